The van der Waals surface area contributed by atoms with Crippen molar-refractivity contribution in [3.05, 3.63) is 47.0 Å². The fourth-order valence-electron chi connectivity index (χ4n) is 4.10. The van der Waals surface area contributed by atoms with Gasteiger partial charge in [-0.3, -0.25) is 14.5 Å². The van der Waals surface area contributed by atoms with Crippen LogP contribution < -0.4 is 5.32 Å². The number of hydrogen-bond donors (Lipinski definition) is 1. The van der Waals surface area contributed by atoms with Gasteiger partial charge in [-0.25, -0.2) is 4.79 Å². The SMILES string of the molecule is CCC.CCOC(=O)/C(C)=C/CN(C)C(=O)C(NC(=O)C1(N(C)C)Cc2ccccc2C1)C(C)(C)C. The van der Waals surface area contributed by atoms with E-state index in [1.165, 1.54) is 11.3 Å². The summed E-state index contributed by atoms with van der Waals surface area (Å²) in [6.07, 6.45) is 4.13. The van der Waals surface area contributed by atoms with E-state index in [9.17, 15) is 14.4 Å². The Balaban J connectivity index is 0.00000205. The summed E-state index contributed by atoms with van der Waals surface area (Å²) in [4.78, 5) is 42.4. The highest BCUT2D eigenvalue weighted by Gasteiger charge is 2.48. The van der Waals surface area contributed by atoms with E-state index in [2.05, 4.69) is 31.3 Å². The maximum atomic E-state index is 13.7. The molecule has 0 aliphatic heterocycles. The fourth-order valence-corrected chi connectivity index (χ4v) is 4.10. The molecule has 36 heavy (non-hydrogen) atoms. The first kappa shape index (κ1) is 31.4. The second kappa shape index (κ2) is 13.6. The van der Waals surface area contributed by atoms with Crippen molar-refractivity contribution in [1.29, 1.82) is 0 Å². The Kier molecular flexibility index (Phi) is 11.8. The molecular formula is C29H47N3O4. The van der Waals surface area contributed by atoms with Crippen LogP contribution >= 0.6 is 0 Å². The number of rotatable bonds is 8. The Bertz CT molecular complexity index is 906. The second-order valence-corrected chi connectivity index (χ2v) is 10.9. The lowest BCUT2D eigenvalue weighted by Gasteiger charge is -2.39. The van der Waals surface area contributed by atoms with Crippen LogP contribution in [-0.4, -0.2) is 73.5 Å². The van der Waals surface area contributed by atoms with E-state index in [-0.39, 0.29) is 18.4 Å². The van der Waals surface area contributed by atoms with Gasteiger partial charge in [-0.2, -0.15) is 0 Å². The van der Waals surface area contributed by atoms with Gasteiger partial charge in [0.25, 0.3) is 0 Å². The quantitative estimate of drug-likeness (QED) is 0.430. The number of carbonyl (C=O) groups excluding carboxylic acids is 3. The lowest BCUT2D eigenvalue weighted by Crippen LogP contribution is -2.63. The number of nitrogens with one attached hydrogen (secondary N) is 1. The number of amides is 2. The highest BCUT2D eigenvalue weighted by molar-refractivity contribution is 5.94. The molecule has 1 aromatic rings. The second-order valence-electron chi connectivity index (χ2n) is 10.9. The maximum absolute atomic E-state index is 13.7. The predicted octanol–water partition coefficient (Wildman–Crippen LogP) is 4.00. The molecule has 7 nitrogen and oxygen atoms in total. The average Bonchev–Trinajstić information content (AvgIpc) is 3.21. The molecule has 202 valence electrons. The molecule has 2 amide bonds. The molecule has 1 N–H and O–H groups in total. The Morgan fingerprint density at radius 1 is 1.06 bits per heavy atom. The first-order chi connectivity index (χ1) is 16.7. The summed E-state index contributed by atoms with van der Waals surface area (Å²) < 4.78 is 5.00. The number of likely N-dealkylation sites (N-methyl/N-ethyl adjacent to an activating group) is 2. The van der Waals surface area contributed by atoms with Crippen LogP contribution in [0.1, 0.15) is 66.0 Å². The van der Waals surface area contributed by atoms with E-state index in [0.717, 1.165) is 11.1 Å². The Morgan fingerprint density at radius 2 is 1.56 bits per heavy atom. The highest BCUT2D eigenvalue weighted by atomic mass is 16.5. The van der Waals surface area contributed by atoms with Gasteiger partial charge < -0.3 is 15.0 Å². The minimum Gasteiger partial charge on any atom is -0.463 e. The summed E-state index contributed by atoms with van der Waals surface area (Å²) in [5.41, 5.74) is 1.53. The number of nitrogens with zero attached hydrogens (tertiary/aromatic N) is 2. The normalized spacial score (nSPS) is 15.4. The molecule has 7 heteroatoms. The molecule has 1 aliphatic carbocycles. The summed E-state index contributed by atoms with van der Waals surface area (Å²) in [5.74, 6) is -0.746. The summed E-state index contributed by atoms with van der Waals surface area (Å²) >= 11 is 0. The first-order valence-corrected chi connectivity index (χ1v) is 12.9. The molecule has 0 aromatic heterocycles. The Morgan fingerprint density at radius 3 is 1.97 bits per heavy atom. The Labute approximate surface area is 218 Å². The molecule has 0 fully saturated rings. The minimum atomic E-state index is -0.744. The van der Waals surface area contributed by atoms with E-state index in [4.69, 9.17) is 4.74 Å². The van der Waals surface area contributed by atoms with Crippen molar-refractivity contribution >= 4 is 17.8 Å². The van der Waals surface area contributed by atoms with E-state index in [1.54, 1.807) is 27.0 Å². The molecule has 1 atom stereocenters. The summed E-state index contributed by atoms with van der Waals surface area (Å²) in [6, 6.07) is 7.39. The van der Waals surface area contributed by atoms with Gasteiger partial charge >= 0.3 is 5.97 Å². The monoisotopic (exact) mass is 501 g/mol. The zero-order valence-electron chi connectivity index (χ0n) is 24.0. The molecule has 0 heterocycles. The van der Waals surface area contributed by atoms with Gasteiger partial charge in [0.2, 0.25) is 11.8 Å². The Hall–Kier alpha value is -2.67. The number of esters is 1. The third-order valence-corrected chi connectivity index (χ3v) is 6.40. The van der Waals surface area contributed by atoms with Gasteiger partial charge in [0.1, 0.15) is 11.6 Å². The van der Waals surface area contributed by atoms with Crippen LogP contribution in [0.3, 0.4) is 0 Å². The number of carbonyl (C=O) groups is 3. The van der Waals surface area contributed by atoms with Crippen molar-refractivity contribution in [2.24, 2.45) is 5.41 Å². The van der Waals surface area contributed by atoms with Crippen LogP contribution in [0.5, 0.6) is 0 Å². The van der Waals surface area contributed by atoms with Crippen molar-refractivity contribution in [2.45, 2.75) is 79.3 Å². The molecule has 0 saturated heterocycles. The van der Waals surface area contributed by atoms with Gasteiger partial charge in [0.05, 0.1) is 6.61 Å². The third kappa shape index (κ3) is 7.92. The van der Waals surface area contributed by atoms with Crippen LogP contribution in [-0.2, 0) is 32.0 Å². The maximum Gasteiger partial charge on any atom is 0.333 e. The molecule has 0 saturated carbocycles. The van der Waals surface area contributed by atoms with E-state index in [0.29, 0.717) is 25.0 Å². The lowest BCUT2D eigenvalue weighted by atomic mass is 9.84. The fraction of sp³-hybridized carbons (Fsp3) is 0.621. The topological polar surface area (TPSA) is 79.0 Å². The van der Waals surface area contributed by atoms with Gasteiger partial charge in [0, 0.05) is 32.0 Å². The molecule has 0 spiro atoms. The van der Waals surface area contributed by atoms with Crippen molar-refractivity contribution in [2.75, 3.05) is 34.3 Å². The largest absolute Gasteiger partial charge is 0.463 e. The molecule has 1 aromatic carbocycles. The summed E-state index contributed by atoms with van der Waals surface area (Å²) in [7, 11) is 5.50. The smallest absolute Gasteiger partial charge is 0.333 e. The summed E-state index contributed by atoms with van der Waals surface area (Å²) in [5, 5.41) is 3.08. The van der Waals surface area contributed by atoms with Crippen LogP contribution in [0.25, 0.3) is 0 Å². The van der Waals surface area contributed by atoms with E-state index in [1.807, 2.05) is 51.9 Å². The van der Waals surface area contributed by atoms with Crippen LogP contribution in [0.15, 0.2) is 35.9 Å². The van der Waals surface area contributed by atoms with Crippen molar-refractivity contribution < 1.29 is 19.1 Å². The average molecular weight is 502 g/mol. The highest BCUT2D eigenvalue weighted by Crippen LogP contribution is 2.34. The molecular weight excluding hydrogens is 454 g/mol. The standard InChI is InChI=1S/C26H39N3O4.C3H8/c1-9-33-23(31)18(2)14-15-29(8)22(30)21(25(3,4)5)27-24(32)26(28(6)7)16-19-12-10-11-13-20(19)17-26;1-3-2/h10-14,21H,9,15-17H2,1-8H3,(H,27,32);3H2,1-2H3/b18-14+;. The number of fused-ring (bicyclic) bond motifs is 1. The van der Waals surface area contributed by atoms with Crippen LogP contribution in [0, 0.1) is 5.41 Å². The lowest BCUT2D eigenvalue weighted by molar-refractivity contribution is -0.141. The van der Waals surface area contributed by atoms with Crippen LogP contribution in [0.4, 0.5) is 0 Å². The number of ether oxygens (including phenoxy) is 1. The van der Waals surface area contributed by atoms with Crippen molar-refractivity contribution in [1.82, 2.24) is 15.1 Å². The van der Waals surface area contributed by atoms with E-state index < -0.39 is 23.0 Å². The summed E-state index contributed by atoms with van der Waals surface area (Å²) in [6.45, 7) is 14.0. The number of hydrogen-bond acceptors (Lipinski definition) is 5. The van der Waals surface area contributed by atoms with Gasteiger partial charge in [-0.05, 0) is 44.5 Å². The number of benzene rings is 1. The molecule has 0 bridgehead atoms. The zero-order valence-corrected chi connectivity index (χ0v) is 24.0. The van der Waals surface area contributed by atoms with Gasteiger partial charge in [-0.1, -0.05) is 71.4 Å². The van der Waals surface area contributed by atoms with Crippen molar-refractivity contribution in [3.8, 4) is 0 Å². The minimum absolute atomic E-state index is 0.149. The molecule has 2 rings (SSSR count). The predicted molar refractivity (Wildman–Crippen MR) is 146 cm³/mol. The molecule has 1 aliphatic rings. The zero-order chi connectivity index (χ0) is 27.7. The van der Waals surface area contributed by atoms with E-state index >= 15 is 0 Å². The molecule has 1 unspecified atom stereocenters. The van der Waals surface area contributed by atoms with Crippen molar-refractivity contribution in [3.63, 3.8) is 0 Å². The first-order valence-electron chi connectivity index (χ1n) is 12.9. The van der Waals surface area contributed by atoms with Gasteiger partial charge in [-0.15, -0.1) is 0 Å². The molecule has 0 radical (unpaired) electrons. The van der Waals surface area contributed by atoms with Gasteiger partial charge in [0.15, 0.2) is 0 Å². The van der Waals surface area contributed by atoms with Crippen LogP contribution in [0.2, 0.25) is 0 Å². The third-order valence-electron chi connectivity index (χ3n) is 6.40.